The van der Waals surface area contributed by atoms with Crippen molar-refractivity contribution in [2.45, 2.75) is 12.8 Å². The lowest BCUT2D eigenvalue weighted by Gasteiger charge is -2.09. The largest absolute Gasteiger partial charge is 0.508 e. The first-order valence-electron chi connectivity index (χ1n) is 5.71. The molecule has 2 aromatic carbocycles. The molecular formula is C15H16O2. The molecule has 0 aliphatic carbocycles. The Bertz CT molecular complexity index is 471. The van der Waals surface area contributed by atoms with Crippen LogP contribution in [0.15, 0.2) is 48.5 Å². The molecule has 2 aromatic rings. The van der Waals surface area contributed by atoms with Crippen LogP contribution in [-0.2, 0) is 0 Å². The van der Waals surface area contributed by atoms with Crippen LogP contribution in [0.5, 0.6) is 5.75 Å². The molecular weight excluding hydrogens is 212 g/mol. The summed E-state index contributed by atoms with van der Waals surface area (Å²) in [6.07, 6.45) is 0. The number of aliphatic hydroxyl groups is 1. The summed E-state index contributed by atoms with van der Waals surface area (Å²) in [7, 11) is 0. The second-order valence-electron chi connectivity index (χ2n) is 4.25. The van der Waals surface area contributed by atoms with E-state index in [-0.39, 0.29) is 18.3 Å². The van der Waals surface area contributed by atoms with Crippen molar-refractivity contribution in [2.24, 2.45) is 0 Å². The number of benzene rings is 2. The summed E-state index contributed by atoms with van der Waals surface area (Å²) in [5.74, 6) is 0.447. The second kappa shape index (κ2) is 5.02. The Morgan fingerprint density at radius 2 is 1.35 bits per heavy atom. The summed E-state index contributed by atoms with van der Waals surface area (Å²) >= 11 is 0. The fraction of sp³-hybridized carbons (Fsp3) is 0.200. The van der Waals surface area contributed by atoms with Crippen LogP contribution in [0.2, 0.25) is 0 Å². The molecule has 88 valence electrons. The Hall–Kier alpha value is -1.80. The molecule has 0 aromatic heterocycles. The average Bonchev–Trinajstić information content (AvgIpc) is 2.39. The van der Waals surface area contributed by atoms with Crippen molar-refractivity contribution in [3.8, 4) is 16.9 Å². The van der Waals surface area contributed by atoms with Gasteiger partial charge in [-0.2, -0.15) is 0 Å². The molecule has 0 spiro atoms. The van der Waals surface area contributed by atoms with Gasteiger partial charge in [-0.3, -0.25) is 0 Å². The summed E-state index contributed by atoms with van der Waals surface area (Å²) in [4.78, 5) is 0. The maximum Gasteiger partial charge on any atom is 0.115 e. The number of phenolic OH excluding ortho intramolecular Hbond substituents is 1. The lowest BCUT2D eigenvalue weighted by Crippen LogP contribution is -1.98. The van der Waals surface area contributed by atoms with Crippen molar-refractivity contribution < 1.29 is 10.2 Å². The van der Waals surface area contributed by atoms with Crippen LogP contribution in [-0.4, -0.2) is 16.8 Å². The first kappa shape index (κ1) is 11.7. The highest BCUT2D eigenvalue weighted by molar-refractivity contribution is 5.64. The van der Waals surface area contributed by atoms with E-state index in [2.05, 4.69) is 0 Å². The standard InChI is InChI=1S/C15H16O2/c1-11(10-16)12-2-4-13(5-3-12)14-6-8-15(17)9-7-14/h2-9,11,16-17H,10H2,1H3. The van der Waals surface area contributed by atoms with Gasteiger partial charge in [-0.05, 0) is 28.8 Å². The number of rotatable bonds is 3. The number of hydrogen-bond donors (Lipinski definition) is 2. The lowest BCUT2D eigenvalue weighted by molar-refractivity contribution is 0.273. The second-order valence-corrected chi connectivity index (χ2v) is 4.25. The molecule has 2 rings (SSSR count). The minimum Gasteiger partial charge on any atom is -0.508 e. The minimum absolute atomic E-state index is 0.165. The molecule has 0 aliphatic rings. The number of aromatic hydroxyl groups is 1. The van der Waals surface area contributed by atoms with E-state index in [9.17, 15) is 5.11 Å². The Labute approximate surface area is 101 Å². The van der Waals surface area contributed by atoms with Crippen LogP contribution in [0, 0.1) is 0 Å². The highest BCUT2D eigenvalue weighted by atomic mass is 16.3. The van der Waals surface area contributed by atoms with Crippen LogP contribution in [0.4, 0.5) is 0 Å². The quantitative estimate of drug-likeness (QED) is 0.847. The Morgan fingerprint density at radius 3 is 1.82 bits per heavy atom. The van der Waals surface area contributed by atoms with Crippen molar-refractivity contribution in [3.63, 3.8) is 0 Å². The van der Waals surface area contributed by atoms with Gasteiger partial charge in [-0.15, -0.1) is 0 Å². The van der Waals surface area contributed by atoms with E-state index in [1.165, 1.54) is 0 Å². The topological polar surface area (TPSA) is 40.5 Å². The molecule has 0 saturated carbocycles. The SMILES string of the molecule is CC(CO)c1ccc(-c2ccc(O)cc2)cc1. The molecule has 2 N–H and O–H groups in total. The van der Waals surface area contributed by atoms with Crippen molar-refractivity contribution in [3.05, 3.63) is 54.1 Å². The zero-order chi connectivity index (χ0) is 12.3. The van der Waals surface area contributed by atoms with Gasteiger partial charge in [0.05, 0.1) is 0 Å². The van der Waals surface area contributed by atoms with Gasteiger partial charge in [0.2, 0.25) is 0 Å². The molecule has 2 nitrogen and oxygen atoms in total. The van der Waals surface area contributed by atoms with E-state index in [0.29, 0.717) is 0 Å². The van der Waals surface area contributed by atoms with E-state index >= 15 is 0 Å². The van der Waals surface area contributed by atoms with Gasteiger partial charge >= 0.3 is 0 Å². The van der Waals surface area contributed by atoms with E-state index in [4.69, 9.17) is 5.11 Å². The van der Waals surface area contributed by atoms with Gasteiger partial charge < -0.3 is 10.2 Å². The normalized spacial score (nSPS) is 12.4. The summed E-state index contributed by atoms with van der Waals surface area (Å²) in [6.45, 7) is 2.16. The Balaban J connectivity index is 2.26. The minimum atomic E-state index is 0.165. The molecule has 1 unspecified atom stereocenters. The predicted octanol–water partition coefficient (Wildman–Crippen LogP) is 3.16. The zero-order valence-corrected chi connectivity index (χ0v) is 9.80. The van der Waals surface area contributed by atoms with Crippen LogP contribution >= 0.6 is 0 Å². The predicted molar refractivity (Wildman–Crippen MR) is 69.0 cm³/mol. The smallest absolute Gasteiger partial charge is 0.115 e. The Morgan fingerprint density at radius 1 is 0.882 bits per heavy atom. The first-order valence-corrected chi connectivity index (χ1v) is 5.71. The van der Waals surface area contributed by atoms with Crippen LogP contribution in [0.1, 0.15) is 18.4 Å². The third-order valence-corrected chi connectivity index (χ3v) is 2.95. The number of phenols is 1. The van der Waals surface area contributed by atoms with E-state index in [1.54, 1.807) is 12.1 Å². The number of aliphatic hydroxyl groups excluding tert-OH is 1. The van der Waals surface area contributed by atoms with Gasteiger partial charge in [-0.1, -0.05) is 43.3 Å². The van der Waals surface area contributed by atoms with Crippen molar-refractivity contribution in [2.75, 3.05) is 6.61 Å². The monoisotopic (exact) mass is 228 g/mol. The van der Waals surface area contributed by atoms with Crippen molar-refractivity contribution >= 4 is 0 Å². The molecule has 0 fully saturated rings. The van der Waals surface area contributed by atoms with Crippen LogP contribution in [0.3, 0.4) is 0 Å². The molecule has 0 saturated heterocycles. The molecule has 0 heterocycles. The fourth-order valence-electron chi connectivity index (χ4n) is 1.76. The highest BCUT2D eigenvalue weighted by Gasteiger charge is 2.04. The molecule has 17 heavy (non-hydrogen) atoms. The molecule has 2 heteroatoms. The summed E-state index contributed by atoms with van der Waals surface area (Å²) in [5.41, 5.74) is 3.32. The number of hydrogen-bond acceptors (Lipinski definition) is 2. The van der Waals surface area contributed by atoms with Gasteiger partial charge in [0.25, 0.3) is 0 Å². The highest BCUT2D eigenvalue weighted by Crippen LogP contribution is 2.24. The van der Waals surface area contributed by atoms with Crippen molar-refractivity contribution in [1.82, 2.24) is 0 Å². The third-order valence-electron chi connectivity index (χ3n) is 2.95. The summed E-state index contributed by atoms with van der Waals surface area (Å²) < 4.78 is 0. The Kier molecular flexibility index (Phi) is 3.45. The molecule has 0 radical (unpaired) electrons. The van der Waals surface area contributed by atoms with Gasteiger partial charge in [0.15, 0.2) is 0 Å². The van der Waals surface area contributed by atoms with E-state index in [0.717, 1.165) is 16.7 Å². The van der Waals surface area contributed by atoms with Crippen LogP contribution in [0.25, 0.3) is 11.1 Å². The van der Waals surface area contributed by atoms with Crippen molar-refractivity contribution in [1.29, 1.82) is 0 Å². The van der Waals surface area contributed by atoms with E-state index < -0.39 is 0 Å². The average molecular weight is 228 g/mol. The van der Waals surface area contributed by atoms with Gasteiger partial charge in [0, 0.05) is 12.5 Å². The molecule has 0 aliphatic heterocycles. The molecule has 0 bridgehead atoms. The maximum atomic E-state index is 9.22. The van der Waals surface area contributed by atoms with Gasteiger partial charge in [-0.25, -0.2) is 0 Å². The lowest BCUT2D eigenvalue weighted by atomic mass is 9.98. The third kappa shape index (κ3) is 2.66. The van der Waals surface area contributed by atoms with Crippen LogP contribution < -0.4 is 0 Å². The molecule has 0 amide bonds. The van der Waals surface area contributed by atoms with E-state index in [1.807, 2.05) is 43.3 Å². The fourth-order valence-corrected chi connectivity index (χ4v) is 1.76. The van der Waals surface area contributed by atoms with Gasteiger partial charge in [0.1, 0.15) is 5.75 Å². The summed E-state index contributed by atoms with van der Waals surface area (Å²) in [6, 6.07) is 15.3. The maximum absolute atomic E-state index is 9.22. The summed E-state index contributed by atoms with van der Waals surface area (Å²) in [5, 5.41) is 18.3. The zero-order valence-electron chi connectivity index (χ0n) is 9.80. The molecule has 1 atom stereocenters. The first-order chi connectivity index (χ1) is 8.20.